The van der Waals surface area contributed by atoms with Crippen LogP contribution in [0.25, 0.3) is 5.69 Å². The van der Waals surface area contributed by atoms with E-state index in [-0.39, 0.29) is 0 Å². The third kappa shape index (κ3) is 1.67. The van der Waals surface area contributed by atoms with Crippen LogP contribution in [0.15, 0.2) is 24.7 Å². The van der Waals surface area contributed by atoms with Gasteiger partial charge in [-0.2, -0.15) is 0 Å². The molecular weight excluding hydrogens is 220 g/mol. The van der Waals surface area contributed by atoms with Gasteiger partial charge in [0.25, 0.3) is 0 Å². The highest BCUT2D eigenvalue weighted by Crippen LogP contribution is 2.35. The molecule has 0 radical (unpaired) electrons. The van der Waals surface area contributed by atoms with E-state index in [0.29, 0.717) is 5.92 Å². The Morgan fingerprint density at radius 3 is 2.56 bits per heavy atom. The molecule has 0 aliphatic heterocycles. The van der Waals surface area contributed by atoms with Crippen molar-refractivity contribution < 1.29 is 0 Å². The van der Waals surface area contributed by atoms with Crippen molar-refractivity contribution in [1.82, 2.24) is 9.55 Å². The van der Waals surface area contributed by atoms with Gasteiger partial charge in [0.2, 0.25) is 0 Å². The van der Waals surface area contributed by atoms with E-state index in [0.717, 1.165) is 12.1 Å². The zero-order chi connectivity index (χ0) is 12.7. The van der Waals surface area contributed by atoms with Gasteiger partial charge in [0.05, 0.1) is 12.0 Å². The summed E-state index contributed by atoms with van der Waals surface area (Å²) in [7, 11) is 0. The Hall–Kier alpha value is -1.57. The van der Waals surface area contributed by atoms with Crippen LogP contribution in [0.3, 0.4) is 0 Å². The standard InChI is InChI=1S/C16H20N2/c1-4-12-9-18(10-17-12)16-8-7-13(11(2)3)14-5-6-15(14)16/h7-11H,4-6H2,1-3H3. The number of nitrogens with zero attached hydrogens (tertiary/aromatic N) is 2. The molecule has 0 spiro atoms. The molecular formula is C16H20N2. The van der Waals surface area contributed by atoms with E-state index in [4.69, 9.17) is 0 Å². The molecule has 0 fully saturated rings. The van der Waals surface area contributed by atoms with E-state index < -0.39 is 0 Å². The molecule has 18 heavy (non-hydrogen) atoms. The Balaban J connectivity index is 2.06. The van der Waals surface area contributed by atoms with Gasteiger partial charge in [-0.05, 0) is 47.9 Å². The molecule has 2 heteroatoms. The van der Waals surface area contributed by atoms with Crippen molar-refractivity contribution in [2.24, 2.45) is 0 Å². The SMILES string of the molecule is CCc1cn(-c2ccc(C(C)C)c3c2CC3)cn1. The quantitative estimate of drug-likeness (QED) is 0.800. The van der Waals surface area contributed by atoms with E-state index in [9.17, 15) is 0 Å². The van der Waals surface area contributed by atoms with Crippen molar-refractivity contribution in [2.45, 2.75) is 46.0 Å². The van der Waals surface area contributed by atoms with Gasteiger partial charge < -0.3 is 4.57 Å². The first kappa shape index (κ1) is 11.5. The Morgan fingerprint density at radius 2 is 2.00 bits per heavy atom. The van der Waals surface area contributed by atoms with Crippen molar-refractivity contribution >= 4 is 0 Å². The lowest BCUT2D eigenvalue weighted by atomic mass is 9.80. The third-order valence-electron chi connectivity index (χ3n) is 3.97. The molecule has 1 heterocycles. The van der Waals surface area contributed by atoms with Crippen LogP contribution in [0.4, 0.5) is 0 Å². The Morgan fingerprint density at radius 1 is 1.22 bits per heavy atom. The van der Waals surface area contributed by atoms with E-state index in [1.165, 1.54) is 29.7 Å². The Labute approximate surface area is 109 Å². The summed E-state index contributed by atoms with van der Waals surface area (Å²) in [6, 6.07) is 4.55. The molecule has 0 saturated heterocycles. The zero-order valence-electron chi connectivity index (χ0n) is 11.4. The van der Waals surface area contributed by atoms with Gasteiger partial charge in [0.1, 0.15) is 0 Å². The summed E-state index contributed by atoms with van der Waals surface area (Å²) >= 11 is 0. The summed E-state index contributed by atoms with van der Waals surface area (Å²) in [6.45, 7) is 6.70. The molecule has 1 aliphatic rings. The monoisotopic (exact) mass is 240 g/mol. The lowest BCUT2D eigenvalue weighted by Crippen LogP contribution is -2.16. The maximum atomic E-state index is 4.43. The van der Waals surface area contributed by atoms with Crippen molar-refractivity contribution in [1.29, 1.82) is 0 Å². The molecule has 3 rings (SSSR count). The highest BCUT2D eigenvalue weighted by molar-refractivity contribution is 5.55. The summed E-state index contributed by atoms with van der Waals surface area (Å²) in [5.74, 6) is 0.627. The van der Waals surface area contributed by atoms with Crippen LogP contribution in [0.5, 0.6) is 0 Å². The summed E-state index contributed by atoms with van der Waals surface area (Å²) in [4.78, 5) is 4.43. The minimum Gasteiger partial charge on any atom is -0.306 e. The summed E-state index contributed by atoms with van der Waals surface area (Å²) in [5, 5.41) is 0. The molecule has 0 bridgehead atoms. The molecule has 0 N–H and O–H groups in total. The second-order valence-electron chi connectivity index (χ2n) is 5.41. The number of aryl methyl sites for hydroxylation is 1. The van der Waals surface area contributed by atoms with Gasteiger partial charge in [-0.3, -0.25) is 0 Å². The smallest absolute Gasteiger partial charge is 0.0995 e. The van der Waals surface area contributed by atoms with E-state index in [1.54, 1.807) is 5.56 Å². The molecule has 0 amide bonds. The minimum absolute atomic E-state index is 0.627. The van der Waals surface area contributed by atoms with Gasteiger partial charge >= 0.3 is 0 Å². The minimum atomic E-state index is 0.627. The second kappa shape index (κ2) is 4.27. The van der Waals surface area contributed by atoms with Gasteiger partial charge in [-0.1, -0.05) is 26.8 Å². The fraction of sp³-hybridized carbons (Fsp3) is 0.438. The van der Waals surface area contributed by atoms with E-state index >= 15 is 0 Å². The molecule has 94 valence electrons. The largest absolute Gasteiger partial charge is 0.306 e. The van der Waals surface area contributed by atoms with Crippen LogP contribution in [-0.2, 0) is 19.3 Å². The average Bonchev–Trinajstić information content (AvgIpc) is 2.78. The van der Waals surface area contributed by atoms with Crippen LogP contribution in [0.2, 0.25) is 0 Å². The molecule has 0 saturated carbocycles. The normalized spacial score (nSPS) is 13.6. The lowest BCUT2D eigenvalue weighted by Gasteiger charge is -2.27. The van der Waals surface area contributed by atoms with Crippen LogP contribution < -0.4 is 0 Å². The molecule has 1 aromatic heterocycles. The predicted molar refractivity (Wildman–Crippen MR) is 74.4 cm³/mol. The number of hydrogen-bond acceptors (Lipinski definition) is 1. The van der Waals surface area contributed by atoms with Crippen molar-refractivity contribution in [2.75, 3.05) is 0 Å². The summed E-state index contributed by atoms with van der Waals surface area (Å²) in [5.41, 5.74) is 7.12. The number of fused-ring (bicyclic) bond motifs is 1. The van der Waals surface area contributed by atoms with E-state index in [2.05, 4.69) is 48.7 Å². The number of imidazole rings is 1. The van der Waals surface area contributed by atoms with Gasteiger partial charge in [-0.25, -0.2) is 4.98 Å². The first-order chi connectivity index (χ1) is 8.70. The zero-order valence-corrected chi connectivity index (χ0v) is 11.4. The van der Waals surface area contributed by atoms with Crippen molar-refractivity contribution in [3.8, 4) is 5.69 Å². The van der Waals surface area contributed by atoms with Crippen LogP contribution in [-0.4, -0.2) is 9.55 Å². The highest BCUT2D eigenvalue weighted by Gasteiger charge is 2.22. The lowest BCUT2D eigenvalue weighted by molar-refractivity contribution is 0.757. The molecule has 2 nitrogen and oxygen atoms in total. The average molecular weight is 240 g/mol. The van der Waals surface area contributed by atoms with Crippen molar-refractivity contribution in [3.05, 3.63) is 47.0 Å². The van der Waals surface area contributed by atoms with Crippen LogP contribution >= 0.6 is 0 Å². The van der Waals surface area contributed by atoms with Crippen molar-refractivity contribution in [3.63, 3.8) is 0 Å². The van der Waals surface area contributed by atoms with Crippen LogP contribution in [0.1, 0.15) is 49.1 Å². The molecule has 0 atom stereocenters. The summed E-state index contributed by atoms with van der Waals surface area (Å²) < 4.78 is 2.18. The third-order valence-corrected chi connectivity index (χ3v) is 3.97. The number of benzene rings is 1. The Bertz CT molecular complexity index is 579. The number of aromatic nitrogens is 2. The fourth-order valence-corrected chi connectivity index (χ4v) is 2.81. The van der Waals surface area contributed by atoms with Gasteiger partial charge in [0, 0.05) is 11.9 Å². The van der Waals surface area contributed by atoms with Crippen LogP contribution in [0, 0.1) is 0 Å². The topological polar surface area (TPSA) is 17.8 Å². The molecule has 0 unspecified atom stereocenters. The first-order valence-electron chi connectivity index (χ1n) is 6.88. The van der Waals surface area contributed by atoms with E-state index in [1.807, 2.05) is 6.33 Å². The number of rotatable bonds is 3. The van der Waals surface area contributed by atoms with Gasteiger partial charge in [0.15, 0.2) is 0 Å². The highest BCUT2D eigenvalue weighted by atomic mass is 15.0. The number of hydrogen-bond donors (Lipinski definition) is 0. The first-order valence-corrected chi connectivity index (χ1v) is 6.88. The maximum Gasteiger partial charge on any atom is 0.0995 e. The predicted octanol–water partition coefficient (Wildman–Crippen LogP) is 3.66. The second-order valence-corrected chi connectivity index (χ2v) is 5.41. The molecule has 1 aromatic carbocycles. The summed E-state index contributed by atoms with van der Waals surface area (Å²) in [6.07, 6.45) is 7.56. The maximum absolute atomic E-state index is 4.43. The fourth-order valence-electron chi connectivity index (χ4n) is 2.81. The molecule has 2 aromatic rings. The molecule has 1 aliphatic carbocycles. The van der Waals surface area contributed by atoms with Gasteiger partial charge in [-0.15, -0.1) is 0 Å². The Kier molecular flexibility index (Phi) is 2.73.